The quantitative estimate of drug-likeness (QED) is 0.823. The van der Waals surface area contributed by atoms with E-state index in [2.05, 4.69) is 5.32 Å². The molecule has 1 aromatic carbocycles. The van der Waals surface area contributed by atoms with Crippen LogP contribution in [0.2, 0.25) is 0 Å². The molecule has 0 radical (unpaired) electrons. The van der Waals surface area contributed by atoms with Crippen molar-refractivity contribution < 1.29 is 14.6 Å². The van der Waals surface area contributed by atoms with Gasteiger partial charge in [-0.3, -0.25) is 0 Å². The van der Waals surface area contributed by atoms with Crippen LogP contribution in [0.1, 0.15) is 27.7 Å². The minimum atomic E-state index is -0.866. The minimum absolute atomic E-state index is 0.403. The lowest BCUT2D eigenvalue weighted by Gasteiger charge is -2.07. The monoisotopic (exact) mass is 291 g/mol. The molecular formula is C15H17NO3S. The topological polar surface area (TPSA) is 58.6 Å². The SMILES string of the molecule is CCOc1cccc(CNCc2ccsc2C(=O)O)c1. The van der Waals surface area contributed by atoms with Crippen LogP contribution in [0.25, 0.3) is 0 Å². The molecule has 1 heterocycles. The van der Waals surface area contributed by atoms with Crippen molar-refractivity contribution in [3.63, 3.8) is 0 Å². The predicted octanol–water partition coefficient (Wildman–Crippen LogP) is 3.13. The fraction of sp³-hybridized carbons (Fsp3) is 0.267. The lowest BCUT2D eigenvalue weighted by atomic mass is 10.2. The number of hydrogen-bond acceptors (Lipinski definition) is 4. The molecule has 1 aromatic heterocycles. The van der Waals surface area contributed by atoms with E-state index in [0.717, 1.165) is 16.9 Å². The number of benzene rings is 1. The predicted molar refractivity (Wildman–Crippen MR) is 79.4 cm³/mol. The number of carbonyl (C=O) groups is 1. The van der Waals surface area contributed by atoms with E-state index in [1.807, 2.05) is 37.3 Å². The molecular weight excluding hydrogens is 274 g/mol. The van der Waals surface area contributed by atoms with Gasteiger partial charge in [0.1, 0.15) is 10.6 Å². The van der Waals surface area contributed by atoms with Gasteiger partial charge in [0.25, 0.3) is 0 Å². The van der Waals surface area contributed by atoms with Crippen LogP contribution in [0.3, 0.4) is 0 Å². The molecule has 20 heavy (non-hydrogen) atoms. The zero-order valence-corrected chi connectivity index (χ0v) is 12.1. The molecule has 2 N–H and O–H groups in total. The van der Waals surface area contributed by atoms with E-state index in [1.165, 1.54) is 11.3 Å². The van der Waals surface area contributed by atoms with Gasteiger partial charge < -0.3 is 15.2 Å². The number of carboxylic acid groups (broad SMARTS) is 1. The van der Waals surface area contributed by atoms with Crippen molar-refractivity contribution in [1.29, 1.82) is 0 Å². The molecule has 0 aliphatic carbocycles. The van der Waals surface area contributed by atoms with Gasteiger partial charge in [-0.25, -0.2) is 4.79 Å². The fourth-order valence-corrected chi connectivity index (χ4v) is 2.68. The van der Waals surface area contributed by atoms with Gasteiger partial charge in [-0.1, -0.05) is 12.1 Å². The van der Waals surface area contributed by atoms with Gasteiger partial charge in [0.2, 0.25) is 0 Å². The van der Waals surface area contributed by atoms with E-state index in [4.69, 9.17) is 9.84 Å². The molecule has 0 saturated carbocycles. The lowest BCUT2D eigenvalue weighted by molar-refractivity contribution is 0.0701. The van der Waals surface area contributed by atoms with Gasteiger partial charge in [0.15, 0.2) is 0 Å². The van der Waals surface area contributed by atoms with Crippen LogP contribution in [0.15, 0.2) is 35.7 Å². The Kier molecular flexibility index (Phi) is 5.15. The van der Waals surface area contributed by atoms with Crippen LogP contribution in [-0.4, -0.2) is 17.7 Å². The van der Waals surface area contributed by atoms with Crippen LogP contribution in [-0.2, 0) is 13.1 Å². The van der Waals surface area contributed by atoms with Crippen molar-refractivity contribution in [2.45, 2.75) is 20.0 Å². The third-order valence-electron chi connectivity index (χ3n) is 2.80. The number of carboxylic acids is 1. The highest BCUT2D eigenvalue weighted by atomic mass is 32.1. The second kappa shape index (κ2) is 7.07. The second-order valence-corrected chi connectivity index (χ2v) is 5.18. The molecule has 0 spiro atoms. The summed E-state index contributed by atoms with van der Waals surface area (Å²) in [6, 6.07) is 9.73. The molecule has 0 atom stereocenters. The summed E-state index contributed by atoms with van der Waals surface area (Å²) in [4.78, 5) is 11.4. The number of nitrogens with one attached hydrogen (secondary N) is 1. The summed E-state index contributed by atoms with van der Waals surface area (Å²) in [5, 5.41) is 14.1. The minimum Gasteiger partial charge on any atom is -0.494 e. The van der Waals surface area contributed by atoms with Crippen molar-refractivity contribution in [3.8, 4) is 5.75 Å². The van der Waals surface area contributed by atoms with Crippen molar-refractivity contribution in [2.24, 2.45) is 0 Å². The zero-order valence-electron chi connectivity index (χ0n) is 11.3. The van der Waals surface area contributed by atoms with E-state index in [0.29, 0.717) is 24.6 Å². The standard InChI is InChI=1S/C15H17NO3S/c1-2-19-13-5-3-4-11(8-13)9-16-10-12-6-7-20-14(12)15(17)18/h3-8,16H,2,9-10H2,1H3,(H,17,18). The first kappa shape index (κ1) is 14.6. The number of aromatic carboxylic acids is 1. The van der Waals surface area contributed by atoms with Crippen molar-refractivity contribution in [2.75, 3.05) is 6.61 Å². The molecule has 2 rings (SSSR count). The fourth-order valence-electron chi connectivity index (χ4n) is 1.92. The van der Waals surface area contributed by atoms with Crippen molar-refractivity contribution in [1.82, 2.24) is 5.32 Å². The highest BCUT2D eigenvalue weighted by molar-refractivity contribution is 7.12. The number of ether oxygens (including phenoxy) is 1. The summed E-state index contributed by atoms with van der Waals surface area (Å²) in [6.45, 7) is 3.82. The number of hydrogen-bond donors (Lipinski definition) is 2. The zero-order chi connectivity index (χ0) is 14.4. The third-order valence-corrected chi connectivity index (χ3v) is 3.74. The highest BCUT2D eigenvalue weighted by Gasteiger charge is 2.10. The van der Waals surface area contributed by atoms with Gasteiger partial charge in [-0.15, -0.1) is 11.3 Å². The number of thiophene rings is 1. The van der Waals surface area contributed by atoms with Gasteiger partial charge in [0, 0.05) is 13.1 Å². The average molecular weight is 291 g/mol. The molecule has 5 heteroatoms. The largest absolute Gasteiger partial charge is 0.494 e. The Morgan fingerprint density at radius 3 is 2.95 bits per heavy atom. The molecule has 0 aliphatic rings. The Balaban J connectivity index is 1.91. The highest BCUT2D eigenvalue weighted by Crippen LogP contribution is 2.17. The summed E-state index contributed by atoms with van der Waals surface area (Å²) in [6.07, 6.45) is 0. The molecule has 0 bridgehead atoms. The molecule has 0 saturated heterocycles. The van der Waals surface area contributed by atoms with Crippen LogP contribution >= 0.6 is 11.3 Å². The van der Waals surface area contributed by atoms with Crippen LogP contribution in [0.4, 0.5) is 0 Å². The first-order valence-electron chi connectivity index (χ1n) is 6.43. The summed E-state index contributed by atoms with van der Waals surface area (Å²) < 4.78 is 5.45. The summed E-state index contributed by atoms with van der Waals surface area (Å²) in [5.74, 6) is -0.0105. The Morgan fingerprint density at radius 2 is 2.20 bits per heavy atom. The average Bonchev–Trinajstić information content (AvgIpc) is 2.88. The van der Waals surface area contributed by atoms with Gasteiger partial charge in [-0.2, -0.15) is 0 Å². The Hall–Kier alpha value is -1.85. The first-order chi connectivity index (χ1) is 9.70. The maximum atomic E-state index is 11.0. The molecule has 0 fully saturated rings. The van der Waals surface area contributed by atoms with E-state index in [1.54, 1.807) is 5.38 Å². The number of rotatable bonds is 7. The summed E-state index contributed by atoms with van der Waals surface area (Å²) in [7, 11) is 0. The van der Waals surface area contributed by atoms with Crippen molar-refractivity contribution >= 4 is 17.3 Å². The maximum Gasteiger partial charge on any atom is 0.346 e. The maximum absolute atomic E-state index is 11.0. The van der Waals surface area contributed by atoms with Crippen LogP contribution in [0.5, 0.6) is 5.75 Å². The van der Waals surface area contributed by atoms with E-state index in [9.17, 15) is 4.79 Å². The molecule has 2 aromatic rings. The molecule has 4 nitrogen and oxygen atoms in total. The normalized spacial score (nSPS) is 10.4. The molecule has 106 valence electrons. The Bertz CT molecular complexity index is 580. The molecule has 0 unspecified atom stereocenters. The molecule has 0 aliphatic heterocycles. The Morgan fingerprint density at radius 1 is 1.35 bits per heavy atom. The van der Waals surface area contributed by atoms with E-state index in [-0.39, 0.29) is 0 Å². The summed E-state index contributed by atoms with van der Waals surface area (Å²) >= 11 is 1.25. The van der Waals surface area contributed by atoms with Crippen molar-refractivity contribution in [3.05, 3.63) is 51.7 Å². The first-order valence-corrected chi connectivity index (χ1v) is 7.30. The lowest BCUT2D eigenvalue weighted by Crippen LogP contribution is -2.14. The van der Waals surface area contributed by atoms with E-state index >= 15 is 0 Å². The van der Waals surface area contributed by atoms with Gasteiger partial charge in [0.05, 0.1) is 6.61 Å². The smallest absolute Gasteiger partial charge is 0.346 e. The van der Waals surface area contributed by atoms with E-state index < -0.39 is 5.97 Å². The second-order valence-electron chi connectivity index (χ2n) is 4.26. The third kappa shape index (κ3) is 3.82. The van der Waals surface area contributed by atoms with Gasteiger partial charge in [-0.05, 0) is 41.6 Å². The Labute approximate surface area is 122 Å². The molecule has 0 amide bonds. The van der Waals surface area contributed by atoms with Gasteiger partial charge >= 0.3 is 5.97 Å². The van der Waals surface area contributed by atoms with Crippen LogP contribution in [0, 0.1) is 0 Å². The summed E-state index contributed by atoms with van der Waals surface area (Å²) in [5.41, 5.74) is 1.94. The van der Waals surface area contributed by atoms with Crippen LogP contribution < -0.4 is 10.1 Å².